The average molecular weight is 486 g/mol. The van der Waals surface area contributed by atoms with Crippen LogP contribution in [-0.4, -0.2) is 40.9 Å². The first-order chi connectivity index (χ1) is 17.5. The third-order valence-electron chi connectivity index (χ3n) is 7.66. The minimum absolute atomic E-state index is 0.120. The lowest BCUT2D eigenvalue weighted by atomic mass is 9.75. The van der Waals surface area contributed by atoms with Crippen LogP contribution in [0.1, 0.15) is 56.3 Å². The summed E-state index contributed by atoms with van der Waals surface area (Å²) < 4.78 is 2.55. The van der Waals surface area contributed by atoms with E-state index >= 15 is 0 Å². The number of aromatic nitrogens is 7. The van der Waals surface area contributed by atoms with Crippen LogP contribution in [0.25, 0.3) is 22.5 Å². The molecule has 4 aromatic rings. The summed E-state index contributed by atoms with van der Waals surface area (Å²) in [6.45, 7) is 4.86. The molecule has 1 aliphatic rings. The smallest absolute Gasteiger partial charge is 0.277 e. The third-order valence-corrected chi connectivity index (χ3v) is 7.66. The zero-order valence-electron chi connectivity index (χ0n) is 20.7. The SMILES string of the molecule is CCC(C)C1CCC(C(=O)n2ncn(Cc3ccc(-c4ccccc4-c4nnn[nH]4)cc3)c2=O)CC1. The standard InChI is InChI=1S/C27H31N7O2/c1-3-18(2)20-12-14-22(15-13-20)26(35)34-27(36)33(17-28-34)16-19-8-10-21(11-9-19)23-6-4-5-7-24(23)25-29-31-32-30-25/h4-11,17-18,20,22H,3,12-16H2,1-2H3,(H,29,30,31,32). The molecule has 1 atom stereocenters. The van der Waals surface area contributed by atoms with Gasteiger partial charge in [-0.3, -0.25) is 9.36 Å². The molecule has 0 amide bonds. The first-order valence-corrected chi connectivity index (χ1v) is 12.7. The highest BCUT2D eigenvalue weighted by Gasteiger charge is 2.30. The topological polar surface area (TPSA) is 111 Å². The van der Waals surface area contributed by atoms with Crippen molar-refractivity contribution < 1.29 is 4.79 Å². The van der Waals surface area contributed by atoms with Crippen LogP contribution in [0.15, 0.2) is 59.7 Å². The summed E-state index contributed by atoms with van der Waals surface area (Å²) in [5.74, 6) is 1.67. The number of benzene rings is 2. The zero-order valence-corrected chi connectivity index (χ0v) is 20.7. The van der Waals surface area contributed by atoms with Crippen LogP contribution < -0.4 is 5.69 Å². The second kappa shape index (κ2) is 10.4. The van der Waals surface area contributed by atoms with Gasteiger partial charge < -0.3 is 0 Å². The summed E-state index contributed by atoms with van der Waals surface area (Å²) in [6, 6.07) is 15.9. The van der Waals surface area contributed by atoms with Crippen LogP contribution in [0.4, 0.5) is 0 Å². The van der Waals surface area contributed by atoms with Gasteiger partial charge in [0.15, 0.2) is 5.82 Å². The minimum Gasteiger partial charge on any atom is -0.277 e. The fourth-order valence-electron chi connectivity index (χ4n) is 5.24. The number of nitrogens with one attached hydrogen (secondary N) is 1. The Morgan fingerprint density at radius 3 is 2.44 bits per heavy atom. The summed E-state index contributed by atoms with van der Waals surface area (Å²) >= 11 is 0. The monoisotopic (exact) mass is 485 g/mol. The number of H-pyrrole nitrogens is 1. The Bertz CT molecular complexity index is 1360. The number of carbonyl (C=O) groups excluding carboxylic acids is 1. The zero-order chi connectivity index (χ0) is 25.1. The third kappa shape index (κ3) is 4.78. The van der Waals surface area contributed by atoms with Gasteiger partial charge >= 0.3 is 5.69 Å². The molecule has 5 rings (SSSR count). The number of hydrogen-bond donors (Lipinski definition) is 1. The van der Waals surface area contributed by atoms with Gasteiger partial charge in [-0.05, 0) is 64.6 Å². The van der Waals surface area contributed by atoms with E-state index in [4.69, 9.17) is 0 Å². The molecule has 1 N–H and O–H groups in total. The van der Waals surface area contributed by atoms with Crippen molar-refractivity contribution in [1.82, 2.24) is 35.0 Å². The fraction of sp³-hybridized carbons (Fsp3) is 0.407. The van der Waals surface area contributed by atoms with Gasteiger partial charge in [-0.15, -0.1) is 9.78 Å². The van der Waals surface area contributed by atoms with Crippen molar-refractivity contribution in [1.29, 1.82) is 0 Å². The first kappa shape index (κ1) is 23.8. The molecule has 0 bridgehead atoms. The van der Waals surface area contributed by atoms with Crippen molar-refractivity contribution in [2.24, 2.45) is 17.8 Å². The van der Waals surface area contributed by atoms with Gasteiger partial charge in [-0.25, -0.2) is 9.89 Å². The molecular formula is C27H31N7O2. The lowest BCUT2D eigenvalue weighted by Gasteiger charge is -2.30. The molecule has 1 aliphatic carbocycles. The lowest BCUT2D eigenvalue weighted by Crippen LogP contribution is -2.36. The number of rotatable bonds is 7. The average Bonchev–Trinajstić information content (AvgIpc) is 3.59. The van der Waals surface area contributed by atoms with Gasteiger partial charge in [0, 0.05) is 11.5 Å². The molecule has 0 spiro atoms. The molecule has 2 aromatic heterocycles. The summed E-state index contributed by atoms with van der Waals surface area (Å²) in [4.78, 5) is 26.0. The first-order valence-electron chi connectivity index (χ1n) is 12.7. The highest BCUT2D eigenvalue weighted by atomic mass is 16.2. The summed E-state index contributed by atoms with van der Waals surface area (Å²) in [6.07, 6.45) is 6.39. The Morgan fingerprint density at radius 2 is 1.78 bits per heavy atom. The number of tetrazole rings is 1. The second-order valence-corrected chi connectivity index (χ2v) is 9.78. The molecule has 9 nitrogen and oxygen atoms in total. The van der Waals surface area contributed by atoms with E-state index < -0.39 is 0 Å². The molecule has 1 fully saturated rings. The Labute approximate surface area is 209 Å². The van der Waals surface area contributed by atoms with E-state index in [0.29, 0.717) is 24.2 Å². The van der Waals surface area contributed by atoms with Crippen molar-refractivity contribution in [2.45, 2.75) is 52.5 Å². The largest absolute Gasteiger partial charge is 0.353 e. The van der Waals surface area contributed by atoms with E-state index in [1.165, 1.54) is 17.3 Å². The molecule has 2 heterocycles. The molecular weight excluding hydrogens is 454 g/mol. The van der Waals surface area contributed by atoms with E-state index in [9.17, 15) is 9.59 Å². The van der Waals surface area contributed by atoms with Crippen LogP contribution in [0.3, 0.4) is 0 Å². The van der Waals surface area contributed by atoms with Crippen molar-refractivity contribution in [3.63, 3.8) is 0 Å². The lowest BCUT2D eigenvalue weighted by molar-refractivity contribution is 0.0744. The van der Waals surface area contributed by atoms with E-state index in [1.807, 2.05) is 48.5 Å². The van der Waals surface area contributed by atoms with Crippen molar-refractivity contribution in [2.75, 3.05) is 0 Å². The van der Waals surface area contributed by atoms with Crippen LogP contribution >= 0.6 is 0 Å². The van der Waals surface area contributed by atoms with Gasteiger partial charge in [0.25, 0.3) is 5.91 Å². The van der Waals surface area contributed by atoms with Crippen molar-refractivity contribution in [3.05, 3.63) is 70.9 Å². The van der Waals surface area contributed by atoms with Crippen LogP contribution in [0, 0.1) is 17.8 Å². The highest BCUT2D eigenvalue weighted by Crippen LogP contribution is 2.35. The molecule has 1 unspecified atom stereocenters. The molecule has 0 radical (unpaired) electrons. The highest BCUT2D eigenvalue weighted by molar-refractivity contribution is 5.81. The number of aromatic amines is 1. The summed E-state index contributed by atoms with van der Waals surface area (Å²) in [5, 5.41) is 18.3. The number of carbonyl (C=O) groups is 1. The molecule has 186 valence electrons. The van der Waals surface area contributed by atoms with E-state index in [2.05, 4.69) is 39.6 Å². The predicted octanol–water partition coefficient (Wildman–Crippen LogP) is 4.43. The van der Waals surface area contributed by atoms with Gasteiger partial charge in [0.2, 0.25) is 0 Å². The van der Waals surface area contributed by atoms with Gasteiger partial charge in [-0.2, -0.15) is 5.10 Å². The molecule has 36 heavy (non-hydrogen) atoms. The quantitative estimate of drug-likeness (QED) is 0.414. The van der Waals surface area contributed by atoms with E-state index in [1.54, 1.807) is 0 Å². The normalized spacial score (nSPS) is 18.7. The maximum absolute atomic E-state index is 13.0. The van der Waals surface area contributed by atoms with Crippen molar-refractivity contribution in [3.8, 4) is 22.5 Å². The number of nitrogens with zero attached hydrogens (tertiary/aromatic N) is 6. The van der Waals surface area contributed by atoms with Crippen LogP contribution in [0.2, 0.25) is 0 Å². The Kier molecular flexibility index (Phi) is 6.88. The van der Waals surface area contributed by atoms with Gasteiger partial charge in [-0.1, -0.05) is 68.8 Å². The van der Waals surface area contributed by atoms with E-state index in [-0.39, 0.29) is 17.5 Å². The molecule has 1 saturated carbocycles. The van der Waals surface area contributed by atoms with E-state index in [0.717, 1.165) is 52.6 Å². The molecule has 9 heteroatoms. The number of hydrogen-bond acceptors (Lipinski definition) is 6. The predicted molar refractivity (Wildman–Crippen MR) is 136 cm³/mol. The maximum atomic E-state index is 13.0. The Morgan fingerprint density at radius 1 is 1.06 bits per heavy atom. The van der Waals surface area contributed by atoms with Crippen LogP contribution in [-0.2, 0) is 6.54 Å². The maximum Gasteiger partial charge on any atom is 0.353 e. The van der Waals surface area contributed by atoms with Gasteiger partial charge in [0.05, 0.1) is 6.54 Å². The minimum atomic E-state index is -0.378. The van der Waals surface area contributed by atoms with Crippen LogP contribution in [0.5, 0.6) is 0 Å². The summed E-state index contributed by atoms with van der Waals surface area (Å²) in [7, 11) is 0. The van der Waals surface area contributed by atoms with Gasteiger partial charge in [0.1, 0.15) is 6.33 Å². The molecule has 2 aromatic carbocycles. The Balaban J connectivity index is 1.28. The second-order valence-electron chi connectivity index (χ2n) is 9.78. The molecule has 0 aliphatic heterocycles. The summed E-state index contributed by atoms with van der Waals surface area (Å²) in [5.41, 5.74) is 3.49. The van der Waals surface area contributed by atoms with Crippen molar-refractivity contribution >= 4 is 5.91 Å². The Hall–Kier alpha value is -3.88. The molecule has 0 saturated heterocycles. The fourth-order valence-corrected chi connectivity index (χ4v) is 5.24.